The molecule has 4 heteroatoms. The molecule has 3 rings (SSSR count). The molecule has 1 aromatic heterocycles. The number of aryl methyl sites for hydroxylation is 2. The molecule has 0 amide bonds. The maximum absolute atomic E-state index is 11.8. The summed E-state index contributed by atoms with van der Waals surface area (Å²) >= 11 is 0. The van der Waals surface area contributed by atoms with E-state index in [0.717, 1.165) is 22.1 Å². The smallest absolute Gasteiger partial charge is 0.336 e. The molecule has 0 aliphatic carbocycles. The van der Waals surface area contributed by atoms with Crippen molar-refractivity contribution in [3.8, 4) is 11.8 Å². The van der Waals surface area contributed by atoms with E-state index in [0.29, 0.717) is 16.9 Å². The fourth-order valence-corrected chi connectivity index (χ4v) is 2.43. The van der Waals surface area contributed by atoms with E-state index < -0.39 is 0 Å². The summed E-state index contributed by atoms with van der Waals surface area (Å²) in [4.78, 5) is 11.8. The van der Waals surface area contributed by atoms with Crippen molar-refractivity contribution in [2.75, 3.05) is 0 Å². The summed E-state index contributed by atoms with van der Waals surface area (Å²) in [7, 11) is 0. The van der Waals surface area contributed by atoms with Crippen molar-refractivity contribution in [3.05, 3.63) is 75.1 Å². The van der Waals surface area contributed by atoms with Gasteiger partial charge < -0.3 is 9.15 Å². The van der Waals surface area contributed by atoms with E-state index in [1.54, 1.807) is 24.3 Å². The quantitative estimate of drug-likeness (QED) is 0.689. The summed E-state index contributed by atoms with van der Waals surface area (Å²) in [6, 6.07) is 14.3. The lowest BCUT2D eigenvalue weighted by Crippen LogP contribution is -2.05. The summed E-state index contributed by atoms with van der Waals surface area (Å²) in [6.45, 7) is 4.18. The third-order valence-electron chi connectivity index (χ3n) is 3.90. The van der Waals surface area contributed by atoms with Crippen molar-refractivity contribution in [2.45, 2.75) is 20.5 Å². The van der Waals surface area contributed by atoms with Crippen LogP contribution in [0.1, 0.15) is 22.3 Å². The van der Waals surface area contributed by atoms with Gasteiger partial charge in [-0.05, 0) is 49.2 Å². The Kier molecular flexibility index (Phi) is 3.86. The van der Waals surface area contributed by atoms with E-state index in [1.165, 1.54) is 6.07 Å². The van der Waals surface area contributed by atoms with Crippen LogP contribution in [0.2, 0.25) is 0 Å². The number of rotatable bonds is 3. The van der Waals surface area contributed by atoms with E-state index in [2.05, 4.69) is 6.07 Å². The molecule has 0 unspecified atom stereocenters. The Morgan fingerprint density at radius 2 is 1.87 bits per heavy atom. The minimum atomic E-state index is -0.385. The van der Waals surface area contributed by atoms with Crippen LogP contribution in [0.15, 0.2) is 51.7 Å². The van der Waals surface area contributed by atoms with Gasteiger partial charge in [-0.1, -0.05) is 12.1 Å². The minimum absolute atomic E-state index is 0.260. The van der Waals surface area contributed by atoms with Gasteiger partial charge >= 0.3 is 5.63 Å². The fraction of sp³-hybridized carbons (Fsp3) is 0.158. The number of nitrogens with zero attached hydrogens (tertiary/aromatic N) is 1. The summed E-state index contributed by atoms with van der Waals surface area (Å²) in [6.07, 6.45) is 0. The second-order valence-corrected chi connectivity index (χ2v) is 5.40. The lowest BCUT2D eigenvalue weighted by molar-refractivity contribution is 0.306. The zero-order chi connectivity index (χ0) is 16.4. The first-order valence-corrected chi connectivity index (χ1v) is 7.24. The Morgan fingerprint density at radius 3 is 2.57 bits per heavy atom. The molecule has 0 spiro atoms. The largest absolute Gasteiger partial charge is 0.489 e. The van der Waals surface area contributed by atoms with Crippen molar-refractivity contribution in [1.29, 1.82) is 5.26 Å². The highest BCUT2D eigenvalue weighted by Gasteiger charge is 2.10. The molecule has 114 valence electrons. The first kappa shape index (κ1) is 14.9. The molecular weight excluding hydrogens is 290 g/mol. The van der Waals surface area contributed by atoms with Crippen molar-refractivity contribution >= 4 is 11.0 Å². The van der Waals surface area contributed by atoms with Gasteiger partial charge in [0, 0.05) is 17.0 Å². The van der Waals surface area contributed by atoms with Crippen molar-refractivity contribution < 1.29 is 9.15 Å². The van der Waals surface area contributed by atoms with Crippen LogP contribution in [0.5, 0.6) is 5.75 Å². The summed E-state index contributed by atoms with van der Waals surface area (Å²) in [5, 5.41) is 9.67. The van der Waals surface area contributed by atoms with Crippen LogP contribution >= 0.6 is 0 Å². The standard InChI is InChI=1S/C19H15NO3/c1-12-3-8-17-15(9-18(21)23-19(17)13(12)2)11-22-16-6-4-14(10-20)5-7-16/h3-9H,11H2,1-2H3. The highest BCUT2D eigenvalue weighted by atomic mass is 16.5. The van der Waals surface area contributed by atoms with Gasteiger partial charge in [0.25, 0.3) is 0 Å². The molecule has 1 heterocycles. The molecule has 0 aliphatic rings. The number of nitriles is 1. The molecular formula is C19H15NO3. The first-order valence-electron chi connectivity index (χ1n) is 7.24. The van der Waals surface area contributed by atoms with Gasteiger partial charge in [0.15, 0.2) is 0 Å². The number of hydrogen-bond acceptors (Lipinski definition) is 4. The van der Waals surface area contributed by atoms with E-state index in [1.807, 2.05) is 26.0 Å². The van der Waals surface area contributed by atoms with E-state index >= 15 is 0 Å². The Balaban J connectivity index is 1.95. The lowest BCUT2D eigenvalue weighted by Gasteiger charge is -2.10. The maximum atomic E-state index is 11.8. The first-order chi connectivity index (χ1) is 11.1. The van der Waals surface area contributed by atoms with Crippen molar-refractivity contribution in [3.63, 3.8) is 0 Å². The minimum Gasteiger partial charge on any atom is -0.489 e. The summed E-state index contributed by atoms with van der Waals surface area (Å²) in [5.74, 6) is 0.647. The normalized spacial score (nSPS) is 10.5. The number of fused-ring (bicyclic) bond motifs is 1. The zero-order valence-corrected chi connectivity index (χ0v) is 12.9. The Labute approximate surface area is 133 Å². The monoisotopic (exact) mass is 305 g/mol. The van der Waals surface area contributed by atoms with Crippen LogP contribution in [-0.4, -0.2) is 0 Å². The molecule has 0 N–H and O–H groups in total. The molecule has 0 fully saturated rings. The SMILES string of the molecule is Cc1ccc2c(COc3ccc(C#N)cc3)cc(=O)oc2c1C. The van der Waals surface area contributed by atoms with Gasteiger partial charge in [0.2, 0.25) is 0 Å². The molecule has 0 saturated heterocycles. The van der Waals surface area contributed by atoms with E-state index in [-0.39, 0.29) is 12.2 Å². The molecule has 0 radical (unpaired) electrons. The molecule has 2 aromatic carbocycles. The van der Waals surface area contributed by atoms with Gasteiger partial charge in [-0.2, -0.15) is 5.26 Å². The third-order valence-corrected chi connectivity index (χ3v) is 3.90. The number of benzene rings is 2. The van der Waals surface area contributed by atoms with Crippen LogP contribution in [0.4, 0.5) is 0 Å². The van der Waals surface area contributed by atoms with Crippen molar-refractivity contribution in [1.82, 2.24) is 0 Å². The average Bonchev–Trinajstić information content (AvgIpc) is 2.57. The van der Waals surface area contributed by atoms with E-state index in [9.17, 15) is 4.79 Å². The zero-order valence-electron chi connectivity index (χ0n) is 12.9. The van der Waals surface area contributed by atoms with Crippen LogP contribution in [0, 0.1) is 25.2 Å². The Morgan fingerprint density at radius 1 is 1.13 bits per heavy atom. The number of hydrogen-bond donors (Lipinski definition) is 0. The van der Waals surface area contributed by atoms with Crippen LogP contribution < -0.4 is 10.4 Å². The van der Waals surface area contributed by atoms with Gasteiger partial charge in [-0.3, -0.25) is 0 Å². The van der Waals surface area contributed by atoms with Crippen LogP contribution in [-0.2, 0) is 6.61 Å². The predicted octanol–water partition coefficient (Wildman–Crippen LogP) is 3.86. The highest BCUT2D eigenvalue weighted by Crippen LogP contribution is 2.24. The van der Waals surface area contributed by atoms with Crippen LogP contribution in [0.3, 0.4) is 0 Å². The van der Waals surface area contributed by atoms with E-state index in [4.69, 9.17) is 14.4 Å². The van der Waals surface area contributed by atoms with Crippen LogP contribution in [0.25, 0.3) is 11.0 Å². The molecule has 0 atom stereocenters. The molecule has 4 nitrogen and oxygen atoms in total. The highest BCUT2D eigenvalue weighted by molar-refractivity contribution is 5.83. The average molecular weight is 305 g/mol. The molecule has 23 heavy (non-hydrogen) atoms. The lowest BCUT2D eigenvalue weighted by atomic mass is 10.0. The number of ether oxygens (including phenoxy) is 1. The summed E-state index contributed by atoms with van der Waals surface area (Å²) in [5.41, 5.74) is 3.61. The molecule has 0 aliphatic heterocycles. The second kappa shape index (κ2) is 5.98. The molecule has 3 aromatic rings. The molecule has 0 saturated carbocycles. The third kappa shape index (κ3) is 2.95. The van der Waals surface area contributed by atoms with Gasteiger partial charge in [0.1, 0.15) is 17.9 Å². The second-order valence-electron chi connectivity index (χ2n) is 5.40. The maximum Gasteiger partial charge on any atom is 0.336 e. The molecule has 0 bridgehead atoms. The summed E-state index contributed by atoms with van der Waals surface area (Å²) < 4.78 is 11.1. The topological polar surface area (TPSA) is 63.2 Å². The van der Waals surface area contributed by atoms with Gasteiger partial charge in [-0.25, -0.2) is 4.79 Å². The van der Waals surface area contributed by atoms with Crippen molar-refractivity contribution in [2.24, 2.45) is 0 Å². The Bertz CT molecular complexity index is 963. The van der Waals surface area contributed by atoms with Gasteiger partial charge in [-0.15, -0.1) is 0 Å². The van der Waals surface area contributed by atoms with Gasteiger partial charge in [0.05, 0.1) is 11.6 Å². The predicted molar refractivity (Wildman–Crippen MR) is 87.4 cm³/mol. The fourth-order valence-electron chi connectivity index (χ4n) is 2.43. The Hall–Kier alpha value is -3.06.